The zero-order valence-electron chi connectivity index (χ0n) is 25.5. The van der Waals surface area contributed by atoms with Gasteiger partial charge in [-0.05, 0) is 97.9 Å². The van der Waals surface area contributed by atoms with Gasteiger partial charge in [0.1, 0.15) is 11.5 Å². The number of carbonyl (C=O) groups is 3. The second-order valence-corrected chi connectivity index (χ2v) is 15.8. The van der Waals surface area contributed by atoms with Crippen LogP contribution in [0, 0.1) is 56.8 Å². The Morgan fingerprint density at radius 1 is 0.974 bits per heavy atom. The molecule has 2 unspecified atom stereocenters. The number of allylic oxidation sites excluding steroid dienone is 4. The van der Waals surface area contributed by atoms with Crippen molar-refractivity contribution < 1.29 is 19.1 Å². The van der Waals surface area contributed by atoms with Crippen molar-refractivity contribution in [1.82, 2.24) is 0 Å². The van der Waals surface area contributed by atoms with Crippen molar-refractivity contribution in [3.8, 4) is 0 Å². The van der Waals surface area contributed by atoms with Gasteiger partial charge in [0.15, 0.2) is 5.78 Å². The molecule has 0 spiro atoms. The Bertz CT molecular complexity index is 1260. The van der Waals surface area contributed by atoms with Crippen LogP contribution in [0.2, 0.25) is 0 Å². The minimum atomic E-state index is -0.509. The summed E-state index contributed by atoms with van der Waals surface area (Å²) in [5, 5.41) is 0. The molecule has 5 aliphatic carbocycles. The molecular weight excluding hydrogens is 486 g/mol. The molecule has 7 atom stereocenters. The number of hydrogen-bond acceptors (Lipinski definition) is 4. The normalized spacial score (nSPS) is 44.1. The van der Waals surface area contributed by atoms with Gasteiger partial charge in [0.05, 0.1) is 6.57 Å². The SMILES string of the molecule is [C-]#[N+]C1=C(OC(C)=O)C(C)(C)[C@@H]2CC[C@]3(C)C(=CC(=O)C4C5CC(C)(C)CC[C@]5(C(C)=O)CC[C@]43C)[C@@]2(C)C1. The lowest BCUT2D eigenvalue weighted by molar-refractivity contribution is -0.177. The second-order valence-electron chi connectivity index (χ2n) is 15.8. The maximum absolute atomic E-state index is 14.5. The van der Waals surface area contributed by atoms with Gasteiger partial charge in [0, 0.05) is 23.7 Å². The summed E-state index contributed by atoms with van der Waals surface area (Å²) in [6.45, 7) is 26.9. The molecule has 0 heterocycles. The van der Waals surface area contributed by atoms with Crippen molar-refractivity contribution in [2.24, 2.45) is 50.2 Å². The monoisotopic (exact) mass is 533 g/mol. The van der Waals surface area contributed by atoms with Crippen molar-refractivity contribution in [3.63, 3.8) is 0 Å². The van der Waals surface area contributed by atoms with Crippen LogP contribution in [0.15, 0.2) is 23.1 Å². The van der Waals surface area contributed by atoms with Gasteiger partial charge < -0.3 is 4.74 Å². The smallest absolute Gasteiger partial charge is 0.306 e. The molecule has 0 aliphatic heterocycles. The quantitative estimate of drug-likeness (QED) is 0.268. The van der Waals surface area contributed by atoms with Gasteiger partial charge in [-0.2, -0.15) is 0 Å². The first-order valence-corrected chi connectivity index (χ1v) is 15.0. The van der Waals surface area contributed by atoms with Crippen LogP contribution < -0.4 is 0 Å². The predicted octanol–water partition coefficient (Wildman–Crippen LogP) is 7.86. The summed E-state index contributed by atoms with van der Waals surface area (Å²) >= 11 is 0. The fourth-order valence-electron chi connectivity index (χ4n) is 10.8. The predicted molar refractivity (Wildman–Crippen MR) is 151 cm³/mol. The third-order valence-corrected chi connectivity index (χ3v) is 13.0. The second kappa shape index (κ2) is 8.40. The molecule has 5 aliphatic rings. The fraction of sp³-hybridized carbons (Fsp3) is 0.765. The van der Waals surface area contributed by atoms with Crippen molar-refractivity contribution in [1.29, 1.82) is 0 Å². The number of rotatable bonds is 2. The van der Waals surface area contributed by atoms with E-state index < -0.39 is 11.4 Å². The van der Waals surface area contributed by atoms with E-state index in [4.69, 9.17) is 11.3 Å². The third kappa shape index (κ3) is 3.58. The van der Waals surface area contributed by atoms with Gasteiger partial charge >= 0.3 is 5.97 Å². The first-order valence-electron chi connectivity index (χ1n) is 15.0. The fourth-order valence-corrected chi connectivity index (χ4v) is 10.8. The maximum atomic E-state index is 14.5. The van der Waals surface area contributed by atoms with Gasteiger partial charge in [-0.25, -0.2) is 4.85 Å². The average Bonchev–Trinajstić information content (AvgIpc) is 2.81. The van der Waals surface area contributed by atoms with Gasteiger partial charge in [0.2, 0.25) is 5.70 Å². The summed E-state index contributed by atoms with van der Waals surface area (Å²) in [5.41, 5.74) is 0.0840. The third-order valence-electron chi connectivity index (χ3n) is 13.0. The van der Waals surface area contributed by atoms with E-state index in [1.54, 1.807) is 6.92 Å². The lowest BCUT2D eigenvalue weighted by Crippen LogP contribution is -2.65. The maximum Gasteiger partial charge on any atom is 0.306 e. The molecule has 3 saturated carbocycles. The van der Waals surface area contributed by atoms with Crippen molar-refractivity contribution >= 4 is 17.5 Å². The van der Waals surface area contributed by atoms with E-state index in [-0.39, 0.29) is 56.4 Å². The Hall–Kier alpha value is -2.22. The highest BCUT2D eigenvalue weighted by atomic mass is 16.5. The molecule has 5 heteroatoms. The number of ketones is 2. The first-order chi connectivity index (χ1) is 17.9. The standard InChI is InChI=1S/C34H47NO4/c1-20(36)34-15-13-29(3,4)18-22(34)27-24(38)17-26-31(7)19-23(35-10)28(39-21(2)37)30(5,6)25(31)11-12-32(26,8)33(27,9)14-16-34/h17,22,25,27H,11-16,18-19H2,1-9H3/t22?,25-,27?,31-,32+,33+,34+/m0/s1. The van der Waals surface area contributed by atoms with E-state index in [1.807, 2.05) is 6.08 Å². The summed E-state index contributed by atoms with van der Waals surface area (Å²) in [4.78, 5) is 43.7. The number of hydrogen-bond donors (Lipinski definition) is 0. The Kier molecular flexibility index (Phi) is 6.10. The topological polar surface area (TPSA) is 64.8 Å². The molecule has 5 rings (SSSR count). The van der Waals surface area contributed by atoms with Crippen LogP contribution in [0.5, 0.6) is 0 Å². The molecule has 0 aromatic carbocycles. The minimum Gasteiger partial charge on any atom is -0.443 e. The Labute approximate surface area is 235 Å². The van der Waals surface area contributed by atoms with Gasteiger partial charge in [0.25, 0.3) is 0 Å². The molecule has 0 bridgehead atoms. The summed E-state index contributed by atoms with van der Waals surface area (Å²) in [5.74, 6) is 0.637. The number of fused-ring (bicyclic) bond motifs is 7. The summed E-state index contributed by atoms with van der Waals surface area (Å²) in [6.07, 6.45) is 8.93. The van der Waals surface area contributed by atoms with Crippen molar-refractivity contribution in [2.45, 2.75) is 114 Å². The van der Waals surface area contributed by atoms with Gasteiger partial charge in [-0.15, -0.1) is 0 Å². The number of esters is 1. The van der Waals surface area contributed by atoms with E-state index in [2.05, 4.69) is 53.3 Å². The van der Waals surface area contributed by atoms with Crippen molar-refractivity contribution in [2.75, 3.05) is 0 Å². The Morgan fingerprint density at radius 3 is 2.21 bits per heavy atom. The Balaban J connectivity index is 1.67. The van der Waals surface area contributed by atoms with Crippen LogP contribution >= 0.6 is 0 Å². The highest BCUT2D eigenvalue weighted by Crippen LogP contribution is 2.75. The molecule has 5 nitrogen and oxygen atoms in total. The Morgan fingerprint density at radius 2 is 1.62 bits per heavy atom. The summed E-state index contributed by atoms with van der Waals surface area (Å²) in [6, 6.07) is 0. The minimum absolute atomic E-state index is 0.0715. The molecular formula is C34H47NO4. The van der Waals surface area contributed by atoms with E-state index >= 15 is 0 Å². The summed E-state index contributed by atoms with van der Waals surface area (Å²) in [7, 11) is 0. The average molecular weight is 534 g/mol. The van der Waals surface area contributed by atoms with Gasteiger partial charge in [-0.3, -0.25) is 14.4 Å². The molecule has 0 N–H and O–H groups in total. The number of ether oxygens (including phenoxy) is 1. The van der Waals surface area contributed by atoms with Crippen LogP contribution in [0.3, 0.4) is 0 Å². The largest absolute Gasteiger partial charge is 0.443 e. The lowest BCUT2D eigenvalue weighted by atomic mass is 9.34. The van der Waals surface area contributed by atoms with Crippen LogP contribution in [0.4, 0.5) is 0 Å². The zero-order valence-corrected chi connectivity index (χ0v) is 25.5. The summed E-state index contributed by atoms with van der Waals surface area (Å²) < 4.78 is 5.71. The van der Waals surface area contributed by atoms with Crippen molar-refractivity contribution in [3.05, 3.63) is 34.5 Å². The molecule has 0 saturated heterocycles. The molecule has 39 heavy (non-hydrogen) atoms. The highest BCUT2D eigenvalue weighted by Gasteiger charge is 2.70. The molecule has 0 amide bonds. The van der Waals surface area contributed by atoms with Crippen LogP contribution in [-0.4, -0.2) is 17.5 Å². The molecule has 3 fully saturated rings. The first kappa shape index (κ1) is 28.3. The molecule has 212 valence electrons. The molecule has 0 aromatic heterocycles. The lowest BCUT2D eigenvalue weighted by Gasteiger charge is -2.69. The molecule has 0 aromatic rings. The van der Waals surface area contributed by atoms with Crippen LogP contribution in [-0.2, 0) is 19.1 Å². The van der Waals surface area contributed by atoms with E-state index in [9.17, 15) is 14.4 Å². The van der Waals surface area contributed by atoms with E-state index in [1.165, 1.54) is 12.5 Å². The molecule has 0 radical (unpaired) electrons. The number of nitrogens with zero attached hydrogens (tertiary/aromatic N) is 1. The van der Waals surface area contributed by atoms with Gasteiger partial charge in [-0.1, -0.05) is 54.0 Å². The zero-order chi connectivity index (χ0) is 29.0. The number of carbonyl (C=O) groups excluding carboxylic acids is 3. The number of Topliss-reactive ketones (excluding diaryl/α,β-unsaturated/α-hetero) is 1. The van der Waals surface area contributed by atoms with Crippen LogP contribution in [0.25, 0.3) is 4.85 Å². The van der Waals surface area contributed by atoms with E-state index in [0.717, 1.165) is 44.9 Å². The van der Waals surface area contributed by atoms with Crippen LogP contribution in [0.1, 0.15) is 114 Å². The van der Waals surface area contributed by atoms with E-state index in [0.29, 0.717) is 17.9 Å². The highest BCUT2D eigenvalue weighted by molar-refractivity contribution is 5.96.